The highest BCUT2D eigenvalue weighted by Gasteiger charge is 2.34. The molecule has 4 nitrogen and oxygen atoms in total. The molecule has 0 bridgehead atoms. The van der Waals surface area contributed by atoms with E-state index in [0.29, 0.717) is 0 Å². The van der Waals surface area contributed by atoms with Gasteiger partial charge in [0.2, 0.25) is 0 Å². The number of nitrogens with one attached hydrogen (secondary N) is 1. The highest BCUT2D eigenvalue weighted by atomic mass is 16.2. The third-order valence-corrected chi connectivity index (χ3v) is 2.08. The molecule has 0 radical (unpaired) electrons. The van der Waals surface area contributed by atoms with Gasteiger partial charge in [0.15, 0.2) is 0 Å². The number of unbranched alkanes of at least 4 members (excludes halogenated alkanes) is 1. The minimum absolute atomic E-state index is 0.103. The van der Waals surface area contributed by atoms with Crippen LogP contribution < -0.4 is 5.32 Å². The number of urea groups is 1. The molecule has 1 rings (SSSR count). The van der Waals surface area contributed by atoms with Gasteiger partial charge in [0, 0.05) is 7.05 Å². The number of carbonyl (C=O) groups is 2. The van der Waals surface area contributed by atoms with Crippen LogP contribution in [0.25, 0.3) is 0 Å². The Bertz CT molecular complexity index is 203. The summed E-state index contributed by atoms with van der Waals surface area (Å²) in [6.45, 7) is 2.06. The van der Waals surface area contributed by atoms with Crippen LogP contribution in [0, 0.1) is 0 Å². The molecule has 3 amide bonds. The average molecular weight is 170 g/mol. The van der Waals surface area contributed by atoms with Crippen molar-refractivity contribution in [3.05, 3.63) is 0 Å². The normalized spacial score (nSPS) is 23.2. The van der Waals surface area contributed by atoms with Gasteiger partial charge in [-0.15, -0.1) is 0 Å². The topological polar surface area (TPSA) is 49.4 Å². The maximum atomic E-state index is 11.3. The molecule has 1 atom stereocenters. The fourth-order valence-electron chi connectivity index (χ4n) is 1.25. The molecule has 0 aliphatic carbocycles. The van der Waals surface area contributed by atoms with E-state index in [1.165, 1.54) is 7.05 Å². The van der Waals surface area contributed by atoms with E-state index >= 15 is 0 Å². The minimum atomic E-state index is -0.277. The molecule has 4 heteroatoms. The lowest BCUT2D eigenvalue weighted by molar-refractivity contribution is -0.126. The van der Waals surface area contributed by atoms with E-state index in [9.17, 15) is 9.59 Å². The zero-order valence-electron chi connectivity index (χ0n) is 7.46. The van der Waals surface area contributed by atoms with Crippen LogP contribution in [0.2, 0.25) is 0 Å². The summed E-state index contributed by atoms with van der Waals surface area (Å²) in [5.41, 5.74) is 0. The van der Waals surface area contributed by atoms with E-state index in [2.05, 4.69) is 12.2 Å². The van der Waals surface area contributed by atoms with Gasteiger partial charge in [-0.3, -0.25) is 9.69 Å². The largest absolute Gasteiger partial charge is 0.326 e. The van der Waals surface area contributed by atoms with Crippen molar-refractivity contribution in [1.29, 1.82) is 0 Å². The summed E-state index contributed by atoms with van der Waals surface area (Å²) >= 11 is 0. The van der Waals surface area contributed by atoms with Crippen LogP contribution in [-0.4, -0.2) is 29.9 Å². The van der Waals surface area contributed by atoms with Crippen molar-refractivity contribution < 1.29 is 9.59 Å². The summed E-state index contributed by atoms with van der Waals surface area (Å²) in [5.74, 6) is -0.103. The fraction of sp³-hybridized carbons (Fsp3) is 0.750. The van der Waals surface area contributed by atoms with E-state index < -0.39 is 0 Å². The number of nitrogens with zero attached hydrogens (tertiary/aromatic N) is 1. The van der Waals surface area contributed by atoms with Crippen LogP contribution in [0.4, 0.5) is 4.79 Å². The first-order valence-electron chi connectivity index (χ1n) is 4.25. The van der Waals surface area contributed by atoms with E-state index in [1.54, 1.807) is 0 Å². The number of hydrogen-bond acceptors (Lipinski definition) is 2. The van der Waals surface area contributed by atoms with Crippen LogP contribution in [0.3, 0.4) is 0 Å². The zero-order valence-corrected chi connectivity index (χ0v) is 7.46. The van der Waals surface area contributed by atoms with Crippen LogP contribution in [0.15, 0.2) is 0 Å². The third-order valence-electron chi connectivity index (χ3n) is 2.08. The number of imide groups is 1. The summed E-state index contributed by atoms with van der Waals surface area (Å²) < 4.78 is 0. The molecule has 1 unspecified atom stereocenters. The fourth-order valence-corrected chi connectivity index (χ4v) is 1.25. The minimum Gasteiger partial charge on any atom is -0.326 e. The molecule has 12 heavy (non-hydrogen) atoms. The molecule has 1 saturated heterocycles. The van der Waals surface area contributed by atoms with Gasteiger partial charge >= 0.3 is 6.03 Å². The van der Waals surface area contributed by atoms with Gasteiger partial charge in [0.1, 0.15) is 6.04 Å². The molecule has 0 aromatic carbocycles. The average Bonchev–Trinajstić information content (AvgIpc) is 2.30. The van der Waals surface area contributed by atoms with Crippen LogP contribution in [-0.2, 0) is 4.79 Å². The Morgan fingerprint density at radius 3 is 2.58 bits per heavy atom. The molecule has 0 saturated carbocycles. The molecular formula is C8H14N2O2. The summed E-state index contributed by atoms with van der Waals surface area (Å²) in [5, 5.41) is 2.63. The number of carbonyl (C=O) groups excluding carboxylic acids is 2. The smallest absolute Gasteiger partial charge is 0.324 e. The molecule has 0 aromatic heterocycles. The lowest BCUT2D eigenvalue weighted by atomic mass is 10.1. The van der Waals surface area contributed by atoms with E-state index in [0.717, 1.165) is 24.2 Å². The summed E-state index contributed by atoms with van der Waals surface area (Å²) in [4.78, 5) is 23.4. The third kappa shape index (κ3) is 1.57. The van der Waals surface area contributed by atoms with Crippen molar-refractivity contribution in [1.82, 2.24) is 10.2 Å². The Morgan fingerprint density at radius 1 is 1.50 bits per heavy atom. The Hall–Kier alpha value is -1.06. The standard InChI is InChI=1S/C8H14N2O2/c1-3-4-5-6-7(11)10(2)8(12)9-6/h6H,3-5H2,1-2H3,(H,9,12). The Balaban J connectivity index is 2.47. The molecule has 0 spiro atoms. The van der Waals surface area contributed by atoms with Crippen molar-refractivity contribution in [3.63, 3.8) is 0 Å². The predicted octanol–water partition coefficient (Wildman–Crippen LogP) is 0.727. The first-order valence-corrected chi connectivity index (χ1v) is 4.25. The second kappa shape index (κ2) is 3.56. The Labute approximate surface area is 71.9 Å². The first kappa shape index (κ1) is 9.03. The van der Waals surface area contributed by atoms with Crippen molar-refractivity contribution in [3.8, 4) is 0 Å². The van der Waals surface area contributed by atoms with E-state index in [-0.39, 0.29) is 18.0 Å². The van der Waals surface area contributed by atoms with Crippen LogP contribution in [0.5, 0.6) is 0 Å². The second-order valence-electron chi connectivity index (χ2n) is 3.04. The number of rotatable bonds is 3. The van der Waals surface area contributed by atoms with Gasteiger partial charge in [0.05, 0.1) is 0 Å². The molecular weight excluding hydrogens is 156 g/mol. The number of amides is 3. The zero-order chi connectivity index (χ0) is 9.14. The molecule has 68 valence electrons. The molecule has 1 heterocycles. The van der Waals surface area contributed by atoms with Gasteiger partial charge in [-0.1, -0.05) is 19.8 Å². The highest BCUT2D eigenvalue weighted by molar-refractivity contribution is 6.03. The molecule has 1 aliphatic heterocycles. The highest BCUT2D eigenvalue weighted by Crippen LogP contribution is 2.09. The number of likely N-dealkylation sites (N-methyl/N-ethyl adjacent to an activating group) is 1. The lowest BCUT2D eigenvalue weighted by Crippen LogP contribution is -2.28. The van der Waals surface area contributed by atoms with E-state index in [1.807, 2.05) is 0 Å². The monoisotopic (exact) mass is 170 g/mol. The van der Waals surface area contributed by atoms with Crippen LogP contribution >= 0.6 is 0 Å². The maximum Gasteiger partial charge on any atom is 0.324 e. The summed E-state index contributed by atoms with van der Waals surface area (Å²) in [7, 11) is 1.50. The summed E-state index contributed by atoms with van der Waals surface area (Å²) in [6, 6.07) is -0.552. The Kier molecular flexibility index (Phi) is 2.68. The SMILES string of the molecule is CCCCC1NC(=O)N(C)C1=O. The Morgan fingerprint density at radius 2 is 2.17 bits per heavy atom. The first-order chi connectivity index (χ1) is 5.66. The van der Waals surface area contributed by atoms with Gasteiger partial charge in [0.25, 0.3) is 5.91 Å². The van der Waals surface area contributed by atoms with Crippen molar-refractivity contribution in [2.45, 2.75) is 32.2 Å². The van der Waals surface area contributed by atoms with E-state index in [4.69, 9.17) is 0 Å². The number of hydrogen-bond donors (Lipinski definition) is 1. The predicted molar refractivity (Wildman–Crippen MR) is 44.6 cm³/mol. The van der Waals surface area contributed by atoms with Gasteiger partial charge in [-0.2, -0.15) is 0 Å². The second-order valence-corrected chi connectivity index (χ2v) is 3.04. The molecule has 0 aromatic rings. The van der Waals surface area contributed by atoms with Gasteiger partial charge < -0.3 is 5.32 Å². The molecule has 1 aliphatic rings. The van der Waals surface area contributed by atoms with Crippen molar-refractivity contribution in [2.75, 3.05) is 7.05 Å². The molecule has 1 fully saturated rings. The van der Waals surface area contributed by atoms with Crippen molar-refractivity contribution >= 4 is 11.9 Å². The van der Waals surface area contributed by atoms with Crippen LogP contribution in [0.1, 0.15) is 26.2 Å². The quantitative estimate of drug-likeness (QED) is 0.635. The van der Waals surface area contributed by atoms with Gasteiger partial charge in [-0.25, -0.2) is 4.79 Å². The lowest BCUT2D eigenvalue weighted by Gasteiger charge is -2.05. The maximum absolute atomic E-state index is 11.3. The van der Waals surface area contributed by atoms with Gasteiger partial charge in [-0.05, 0) is 6.42 Å². The summed E-state index contributed by atoms with van der Waals surface area (Å²) in [6.07, 6.45) is 2.78. The molecule has 1 N–H and O–H groups in total. The van der Waals surface area contributed by atoms with Crippen molar-refractivity contribution in [2.24, 2.45) is 0 Å².